The van der Waals surface area contributed by atoms with Crippen LogP contribution < -0.4 is 5.90 Å². The lowest BCUT2D eigenvalue weighted by Crippen LogP contribution is -2.24. The largest absolute Gasteiger partial charge is 0.351 e. The Morgan fingerprint density at radius 3 is 3.00 bits per heavy atom. The maximum atomic E-state index is 5.08. The lowest BCUT2D eigenvalue weighted by Gasteiger charge is -2.19. The summed E-state index contributed by atoms with van der Waals surface area (Å²) in [6, 6.07) is 0. The van der Waals surface area contributed by atoms with Crippen molar-refractivity contribution in [2.24, 2.45) is 5.90 Å². The number of ether oxygens (including phenoxy) is 1. The minimum absolute atomic E-state index is 0.135. The van der Waals surface area contributed by atoms with Gasteiger partial charge in [0.15, 0.2) is 6.29 Å². The van der Waals surface area contributed by atoms with E-state index in [1.165, 1.54) is 6.42 Å². The first-order valence-corrected chi connectivity index (χ1v) is 2.90. The quantitative estimate of drug-likeness (QED) is 0.567. The molecule has 0 aromatic rings. The van der Waals surface area contributed by atoms with E-state index in [4.69, 9.17) is 28.5 Å². The molecule has 0 amide bonds. The Morgan fingerprint density at radius 1 is 1.75 bits per heavy atom. The highest BCUT2D eigenvalue weighted by Crippen LogP contribution is 2.11. The van der Waals surface area contributed by atoms with E-state index < -0.39 is 0 Å². The third kappa shape index (κ3) is 1.43. The van der Waals surface area contributed by atoms with Gasteiger partial charge in [-0.15, -0.1) is 0 Å². The van der Waals surface area contributed by atoms with Gasteiger partial charge < -0.3 is 4.74 Å². The summed E-state index contributed by atoms with van der Waals surface area (Å²) < 4.78 is 65.1. The maximum absolute atomic E-state index is 5.08. The van der Waals surface area contributed by atoms with Gasteiger partial charge in [0.25, 0.3) is 0 Å². The Bertz CT molecular complexity index is 80.9. The topological polar surface area (TPSA) is 44.5 Å². The highest BCUT2D eigenvalue weighted by atomic mass is 16.7. The number of rotatable bonds is 1. The van der Waals surface area contributed by atoms with Crippen LogP contribution in [-0.2, 0) is 9.57 Å². The predicted octanol–water partition coefficient (Wildman–Crippen LogP) is 1.88. The molecule has 0 saturated carbocycles. The zero-order valence-electron chi connectivity index (χ0n) is 16.8. The molecule has 1 rings (SSSR count). The van der Waals surface area contributed by atoms with Crippen molar-refractivity contribution in [1.29, 1.82) is 0 Å². The summed E-state index contributed by atoms with van der Waals surface area (Å²) in [5.41, 5.74) is 0. The fourth-order valence-electron chi connectivity index (χ4n) is 0.819. The second kappa shape index (κ2) is 3.02. The Hall–Kier alpha value is -0.120. The zero-order valence-corrected chi connectivity index (χ0v) is 4.80. The van der Waals surface area contributed by atoms with E-state index in [9.17, 15) is 0 Å². The molecule has 1 aliphatic heterocycles. The molecule has 0 aromatic heterocycles. The Morgan fingerprint density at radius 2 is 2.62 bits per heavy atom. The molecule has 0 bridgehead atoms. The van der Waals surface area contributed by atoms with Gasteiger partial charge in [0.2, 0.25) is 0 Å². The molecule has 1 fully saturated rings. The minimum atomic E-state index is -0.135. The molecule has 0 aromatic carbocycles. The molecule has 3 heteroatoms. The number of hydrogen-bond acceptors (Lipinski definition) is 3. The van der Waals surface area contributed by atoms with Gasteiger partial charge in [-0.2, -0.15) is 0 Å². The molecule has 1 aliphatic rings. The molecule has 1 heterocycles. The molecule has 2 N–H and O–H groups in total. The van der Waals surface area contributed by atoms with Crippen LogP contribution in [0, 0.1) is 0 Å². The Labute approximate surface area is 67.2 Å². The molecule has 3 nitrogen and oxygen atoms in total. The molecule has 1 saturated heterocycles. The van der Waals surface area contributed by atoms with Gasteiger partial charge in [0.05, 0.1) is 0 Å². The molecule has 0 spiro atoms. The SMILES string of the molecule is NOC1CCCCO1.[2H][2H].[2H][2H].[2H][2H].[2H][2H].[2H][2H].[2H][2H]. The van der Waals surface area contributed by atoms with Gasteiger partial charge in [-0.3, -0.25) is 4.84 Å². The second-order valence-corrected chi connectivity index (χ2v) is 1.93. The van der Waals surface area contributed by atoms with Crippen LogP contribution in [-0.4, -0.2) is 12.9 Å². The average Bonchev–Trinajstić information content (AvgIpc) is 2.66. The summed E-state index contributed by atoms with van der Waals surface area (Å²) >= 11 is 0. The summed E-state index contributed by atoms with van der Waals surface area (Å²) in [5.74, 6) is 4.88. The highest BCUT2D eigenvalue weighted by molar-refractivity contribution is 4.51. The second-order valence-electron chi connectivity index (χ2n) is 1.93. The van der Waals surface area contributed by atoms with Crippen LogP contribution in [0.4, 0.5) is 0 Å². The lowest BCUT2D eigenvalue weighted by atomic mass is 10.2. The molecule has 60 valence electrons. The molecule has 8 heavy (non-hydrogen) atoms. The van der Waals surface area contributed by atoms with Crippen molar-refractivity contribution < 1.29 is 27.4 Å². The summed E-state index contributed by atoms with van der Waals surface area (Å²) in [4.78, 5) is 4.47. The molecule has 0 radical (unpaired) electrons. The van der Waals surface area contributed by atoms with Gasteiger partial charge in [0, 0.05) is 30.8 Å². The van der Waals surface area contributed by atoms with Gasteiger partial charge >= 0.3 is 0 Å². The van der Waals surface area contributed by atoms with Crippen LogP contribution in [0.15, 0.2) is 0 Å². The number of nitrogens with two attached hydrogens (primary N) is 1. The smallest absolute Gasteiger partial charge is 0.176 e. The fourth-order valence-corrected chi connectivity index (χ4v) is 0.819. The van der Waals surface area contributed by atoms with Gasteiger partial charge in [-0.25, -0.2) is 5.90 Å². The average molecular weight is 141 g/mol. The molecule has 0 aliphatic carbocycles. The van der Waals surface area contributed by atoms with E-state index in [0.717, 1.165) is 19.4 Å². The van der Waals surface area contributed by atoms with Crippen LogP contribution in [0.2, 0.25) is 0 Å². The lowest BCUT2D eigenvalue weighted by molar-refractivity contribution is -0.164. The molecular weight excluding hydrogens is 106 g/mol. The first-order chi connectivity index (χ1) is 9.93. The van der Waals surface area contributed by atoms with E-state index in [1.807, 2.05) is 0 Å². The standard InChI is InChI=1S/C5H11NO2.6H2/c6-8-5-3-1-2-4-7-5;;;;;;/h5H,1-4,6H2;6*1H/i;6*1+1D. The third-order valence-corrected chi connectivity index (χ3v) is 1.29. The van der Waals surface area contributed by atoms with Gasteiger partial charge in [-0.1, -0.05) is 0 Å². The summed E-state index contributed by atoms with van der Waals surface area (Å²) in [6.45, 7) is 0.794. The van der Waals surface area contributed by atoms with E-state index in [-0.39, 0.29) is 6.29 Å². The van der Waals surface area contributed by atoms with E-state index in [2.05, 4.69) is 4.84 Å². The van der Waals surface area contributed by atoms with Gasteiger partial charge in [0.1, 0.15) is 0 Å². The van der Waals surface area contributed by atoms with Crippen molar-refractivity contribution >= 4 is 0 Å². The predicted molar refractivity (Wildman–Crippen MR) is 41.5 cm³/mol. The minimum Gasteiger partial charge on any atom is -0.351 e. The van der Waals surface area contributed by atoms with Crippen LogP contribution in [0.1, 0.15) is 37.1 Å². The van der Waals surface area contributed by atoms with E-state index in [1.54, 1.807) is 0 Å². The van der Waals surface area contributed by atoms with Crippen molar-refractivity contribution in [2.75, 3.05) is 6.61 Å². The Balaban J connectivity index is -0.0000000350. The summed E-state index contributed by atoms with van der Waals surface area (Å²) in [5, 5.41) is 0. The number of hydrogen-bond donors (Lipinski definition) is 1. The van der Waals surface area contributed by atoms with Crippen molar-refractivity contribution in [3.8, 4) is 0 Å². The summed E-state index contributed by atoms with van der Waals surface area (Å²) in [6.07, 6.45) is 3.11. The maximum Gasteiger partial charge on any atom is 0.176 e. The monoisotopic (exact) mass is 141 g/mol. The van der Waals surface area contributed by atoms with Crippen LogP contribution >= 0.6 is 0 Å². The van der Waals surface area contributed by atoms with Crippen molar-refractivity contribution in [1.82, 2.24) is 0 Å². The van der Waals surface area contributed by atoms with Crippen molar-refractivity contribution in [3.05, 3.63) is 0 Å². The normalized spacial score (nSPS) is 36.4. The van der Waals surface area contributed by atoms with E-state index in [0.29, 0.717) is 0 Å². The zero-order chi connectivity index (χ0) is 17.8. The van der Waals surface area contributed by atoms with Crippen molar-refractivity contribution in [2.45, 2.75) is 25.6 Å². The van der Waals surface area contributed by atoms with E-state index >= 15 is 0 Å². The molecule has 1 unspecified atom stereocenters. The van der Waals surface area contributed by atoms with Crippen LogP contribution in [0.5, 0.6) is 0 Å². The first-order valence-electron chi connectivity index (χ1n) is 8.90. The third-order valence-electron chi connectivity index (χ3n) is 1.29. The van der Waals surface area contributed by atoms with Crippen LogP contribution in [0.25, 0.3) is 0 Å². The van der Waals surface area contributed by atoms with Crippen LogP contribution in [0.3, 0.4) is 0 Å². The fraction of sp³-hybridized carbons (Fsp3) is 1.00. The Kier molecular flexibility index (Phi) is 0.730. The highest BCUT2D eigenvalue weighted by Gasteiger charge is 2.11. The summed E-state index contributed by atoms with van der Waals surface area (Å²) in [7, 11) is 0. The van der Waals surface area contributed by atoms with Gasteiger partial charge in [-0.05, 0) is 12.8 Å². The molecule has 1 atom stereocenters. The molecular formula is C5H23NO2. The first kappa shape index (κ1) is 1.94. The van der Waals surface area contributed by atoms with Crippen molar-refractivity contribution in [3.63, 3.8) is 0 Å².